The molecule has 20 heavy (non-hydrogen) atoms. The van der Waals surface area contributed by atoms with Crippen molar-refractivity contribution in [2.24, 2.45) is 0 Å². The van der Waals surface area contributed by atoms with Crippen LogP contribution in [0.15, 0.2) is 15.8 Å². The maximum atomic E-state index is 11.7. The van der Waals surface area contributed by atoms with E-state index < -0.39 is 37.5 Å². The number of ether oxygens (including phenoxy) is 1. The molecule has 1 saturated heterocycles. The Balaban J connectivity index is 2.25. The molecule has 0 aromatic carbocycles. The van der Waals surface area contributed by atoms with Crippen LogP contribution >= 0.6 is 7.82 Å². The van der Waals surface area contributed by atoms with Crippen molar-refractivity contribution >= 4 is 7.82 Å². The van der Waals surface area contributed by atoms with Crippen LogP contribution < -0.4 is 11.2 Å². The Bertz CT molecular complexity index is 660. The van der Waals surface area contributed by atoms with Gasteiger partial charge in [-0.25, -0.2) is 9.36 Å². The molecule has 3 atom stereocenters. The Hall–Kier alpha value is -1.25. The Labute approximate surface area is 113 Å². The summed E-state index contributed by atoms with van der Waals surface area (Å²) in [7, 11) is -4.62. The number of H-pyrrole nitrogens is 1. The summed E-state index contributed by atoms with van der Waals surface area (Å²) in [5.41, 5.74) is -0.796. The van der Waals surface area contributed by atoms with Crippen LogP contribution in [0.3, 0.4) is 0 Å². The minimum atomic E-state index is -4.62. The highest BCUT2D eigenvalue weighted by molar-refractivity contribution is 7.46. The first-order valence-electron chi connectivity index (χ1n) is 5.89. The van der Waals surface area contributed by atoms with Crippen LogP contribution in [0.1, 0.15) is 25.1 Å². The summed E-state index contributed by atoms with van der Waals surface area (Å²) in [4.78, 5) is 42.7. The number of phosphoric ester groups is 1. The molecule has 10 heteroatoms. The van der Waals surface area contributed by atoms with Crippen molar-refractivity contribution in [1.29, 1.82) is 0 Å². The Morgan fingerprint density at radius 3 is 2.75 bits per heavy atom. The number of phosphoric acid groups is 1. The second-order valence-electron chi connectivity index (χ2n) is 4.64. The van der Waals surface area contributed by atoms with Gasteiger partial charge in [0.15, 0.2) is 0 Å². The Kier molecular flexibility index (Phi) is 3.99. The van der Waals surface area contributed by atoms with Crippen molar-refractivity contribution in [3.8, 4) is 0 Å². The van der Waals surface area contributed by atoms with Crippen molar-refractivity contribution in [2.45, 2.75) is 38.7 Å². The predicted octanol–water partition coefficient (Wildman–Crippen LogP) is -0.370. The fourth-order valence-corrected chi connectivity index (χ4v) is 2.68. The van der Waals surface area contributed by atoms with E-state index in [9.17, 15) is 14.2 Å². The lowest BCUT2D eigenvalue weighted by molar-refractivity contribution is -0.0103. The van der Waals surface area contributed by atoms with E-state index in [0.717, 1.165) is 0 Å². The average molecular weight is 306 g/mol. The number of aryl methyl sites for hydroxylation is 1. The molecule has 0 unspecified atom stereocenters. The number of nitrogens with zero attached hydrogens (tertiary/aromatic N) is 1. The van der Waals surface area contributed by atoms with Crippen molar-refractivity contribution in [1.82, 2.24) is 9.55 Å². The van der Waals surface area contributed by atoms with Crippen LogP contribution in [0.4, 0.5) is 0 Å². The third-order valence-corrected chi connectivity index (χ3v) is 3.60. The fraction of sp³-hybridized carbons (Fsp3) is 0.600. The summed E-state index contributed by atoms with van der Waals surface area (Å²) in [6.45, 7) is 3.13. The zero-order valence-electron chi connectivity index (χ0n) is 10.8. The number of aromatic amines is 1. The molecule has 2 heterocycles. The second kappa shape index (κ2) is 5.27. The first-order chi connectivity index (χ1) is 9.17. The summed E-state index contributed by atoms with van der Waals surface area (Å²) in [6.07, 6.45) is -0.730. The topological polar surface area (TPSA) is 131 Å². The van der Waals surface area contributed by atoms with Gasteiger partial charge in [0.05, 0.1) is 12.2 Å². The van der Waals surface area contributed by atoms with Gasteiger partial charge in [0.25, 0.3) is 5.56 Å². The highest BCUT2D eigenvalue weighted by Crippen LogP contribution is 2.43. The molecule has 0 spiro atoms. The van der Waals surface area contributed by atoms with Gasteiger partial charge in [0.1, 0.15) is 6.23 Å². The van der Waals surface area contributed by atoms with Crippen LogP contribution in [-0.2, 0) is 13.8 Å². The molecule has 1 aromatic rings. The second-order valence-corrected chi connectivity index (χ2v) is 5.84. The Morgan fingerprint density at radius 1 is 1.50 bits per heavy atom. The molecule has 9 nitrogen and oxygen atoms in total. The van der Waals surface area contributed by atoms with Gasteiger partial charge in [-0.1, -0.05) is 0 Å². The predicted molar refractivity (Wildman–Crippen MR) is 67.2 cm³/mol. The third-order valence-electron chi connectivity index (χ3n) is 3.06. The number of hydrogen-bond donors (Lipinski definition) is 3. The summed E-state index contributed by atoms with van der Waals surface area (Å²) in [6, 6.07) is 0. The molecule has 1 aliphatic rings. The molecule has 0 saturated carbocycles. The monoisotopic (exact) mass is 306 g/mol. The van der Waals surface area contributed by atoms with E-state index in [4.69, 9.17) is 14.5 Å². The van der Waals surface area contributed by atoms with Crippen LogP contribution in [-0.4, -0.2) is 31.5 Å². The van der Waals surface area contributed by atoms with Gasteiger partial charge < -0.3 is 14.5 Å². The van der Waals surface area contributed by atoms with Gasteiger partial charge in [0.2, 0.25) is 0 Å². The molecule has 2 rings (SSSR count). The summed E-state index contributed by atoms with van der Waals surface area (Å²) < 4.78 is 22.1. The molecule has 1 fully saturated rings. The summed E-state index contributed by atoms with van der Waals surface area (Å²) in [5, 5.41) is 0. The van der Waals surface area contributed by atoms with Crippen LogP contribution in [0.2, 0.25) is 0 Å². The van der Waals surface area contributed by atoms with Crippen LogP contribution in [0.25, 0.3) is 0 Å². The van der Waals surface area contributed by atoms with Gasteiger partial charge in [-0.05, 0) is 13.8 Å². The fourth-order valence-electron chi connectivity index (χ4n) is 2.07. The SMILES string of the molecule is Cc1cn([C@H]2C[C@H](OP(=O)(O)O)[C@@H](C)O2)c(=O)[nH]c1=O. The van der Waals surface area contributed by atoms with Gasteiger partial charge in [-0.3, -0.25) is 18.9 Å². The van der Waals surface area contributed by atoms with Crippen LogP contribution in [0, 0.1) is 6.92 Å². The molecule has 0 bridgehead atoms. The lowest BCUT2D eigenvalue weighted by atomic mass is 10.2. The largest absolute Gasteiger partial charge is 0.469 e. The number of nitrogens with one attached hydrogen (secondary N) is 1. The maximum absolute atomic E-state index is 11.7. The van der Waals surface area contributed by atoms with E-state index >= 15 is 0 Å². The standard InChI is InChI=1S/C10H15N2O7P/c1-5-4-12(10(14)11-9(5)13)8-3-7(6(2)18-8)19-20(15,16)17/h4,6-8H,3H2,1-2H3,(H,11,13,14)(H2,15,16,17)/t6-,7+,8-/m1/s1. The normalized spacial score (nSPS) is 26.9. The first-order valence-corrected chi connectivity index (χ1v) is 7.42. The number of aromatic nitrogens is 2. The maximum Gasteiger partial charge on any atom is 0.469 e. The highest BCUT2D eigenvalue weighted by Gasteiger charge is 2.38. The third kappa shape index (κ3) is 3.25. The summed E-state index contributed by atoms with van der Waals surface area (Å²) >= 11 is 0. The quantitative estimate of drug-likeness (QED) is 0.649. The zero-order chi connectivity index (χ0) is 15.1. The minimum Gasteiger partial charge on any atom is -0.352 e. The molecule has 1 aliphatic heterocycles. The average Bonchev–Trinajstić information content (AvgIpc) is 2.63. The van der Waals surface area contributed by atoms with E-state index in [0.29, 0.717) is 5.56 Å². The van der Waals surface area contributed by atoms with E-state index in [1.165, 1.54) is 17.7 Å². The van der Waals surface area contributed by atoms with E-state index in [2.05, 4.69) is 9.51 Å². The van der Waals surface area contributed by atoms with Crippen molar-refractivity contribution < 1.29 is 23.6 Å². The van der Waals surface area contributed by atoms with Gasteiger partial charge in [-0.15, -0.1) is 0 Å². The Morgan fingerprint density at radius 2 is 2.15 bits per heavy atom. The lowest BCUT2D eigenvalue weighted by Crippen LogP contribution is -2.33. The molecule has 3 N–H and O–H groups in total. The van der Waals surface area contributed by atoms with Gasteiger partial charge >= 0.3 is 13.5 Å². The molecular formula is C10H15N2O7P. The minimum absolute atomic E-state index is 0.0949. The molecule has 0 radical (unpaired) electrons. The molecule has 112 valence electrons. The highest BCUT2D eigenvalue weighted by atomic mass is 31.2. The molecule has 0 aliphatic carbocycles. The van der Waals surface area contributed by atoms with Gasteiger partial charge in [-0.2, -0.15) is 0 Å². The lowest BCUT2D eigenvalue weighted by Gasteiger charge is -2.14. The number of rotatable bonds is 3. The van der Waals surface area contributed by atoms with E-state index in [-0.39, 0.29) is 6.42 Å². The summed E-state index contributed by atoms with van der Waals surface area (Å²) in [5.74, 6) is 0. The van der Waals surface area contributed by atoms with E-state index in [1.54, 1.807) is 6.92 Å². The molecule has 0 amide bonds. The molecule has 1 aromatic heterocycles. The molecular weight excluding hydrogens is 291 g/mol. The van der Waals surface area contributed by atoms with Crippen molar-refractivity contribution in [2.75, 3.05) is 0 Å². The van der Waals surface area contributed by atoms with Crippen LogP contribution in [0.5, 0.6) is 0 Å². The van der Waals surface area contributed by atoms with Crippen molar-refractivity contribution in [3.05, 3.63) is 32.6 Å². The van der Waals surface area contributed by atoms with E-state index in [1.807, 2.05) is 0 Å². The zero-order valence-corrected chi connectivity index (χ0v) is 11.7. The van der Waals surface area contributed by atoms with Gasteiger partial charge in [0, 0.05) is 18.2 Å². The first kappa shape index (κ1) is 15.1. The number of hydrogen-bond acceptors (Lipinski definition) is 5. The van der Waals surface area contributed by atoms with Crippen molar-refractivity contribution in [3.63, 3.8) is 0 Å². The smallest absolute Gasteiger partial charge is 0.352 e.